The van der Waals surface area contributed by atoms with Crippen molar-refractivity contribution in [2.24, 2.45) is 17.4 Å². The molecule has 202 valence electrons. The highest BCUT2D eigenvalue weighted by atomic mass is 16.5. The number of aliphatic hydroxyl groups excluding tert-OH is 1. The Morgan fingerprint density at radius 1 is 0.895 bits per heavy atom. The van der Waals surface area contributed by atoms with Crippen LogP contribution >= 0.6 is 0 Å². The first-order chi connectivity index (χ1) is 18.5. The van der Waals surface area contributed by atoms with Gasteiger partial charge in [-0.15, -0.1) is 0 Å². The van der Waals surface area contributed by atoms with Crippen molar-refractivity contribution in [3.63, 3.8) is 0 Å². The van der Waals surface area contributed by atoms with E-state index in [0.717, 1.165) is 28.2 Å². The van der Waals surface area contributed by atoms with Crippen molar-refractivity contribution in [3.8, 4) is 11.5 Å². The number of carbonyl (C=O) groups is 1. The second kappa shape index (κ2) is 12.4. The molecule has 3 aromatic carbocycles. The van der Waals surface area contributed by atoms with Crippen LogP contribution < -0.4 is 20.9 Å². The molecule has 1 aliphatic heterocycles. The van der Waals surface area contributed by atoms with Crippen LogP contribution in [0.25, 0.3) is 0 Å². The molecule has 1 fully saturated rings. The van der Waals surface area contributed by atoms with Gasteiger partial charge in [0.05, 0.1) is 38.9 Å². The van der Waals surface area contributed by atoms with E-state index in [4.69, 9.17) is 25.7 Å². The molecule has 1 heterocycles. The largest absolute Gasteiger partial charge is 0.497 e. The van der Waals surface area contributed by atoms with Crippen LogP contribution in [0, 0.1) is 5.92 Å². The molecule has 0 aromatic heterocycles. The summed E-state index contributed by atoms with van der Waals surface area (Å²) in [4.78, 5) is 14.9. The Labute approximate surface area is 224 Å². The van der Waals surface area contributed by atoms with Crippen molar-refractivity contribution in [2.45, 2.75) is 24.2 Å². The molecule has 1 aliphatic rings. The van der Waals surface area contributed by atoms with Crippen LogP contribution in [0.2, 0.25) is 0 Å². The summed E-state index contributed by atoms with van der Waals surface area (Å²) in [6.45, 7) is 0.729. The Balaban J connectivity index is 1.79. The van der Waals surface area contributed by atoms with E-state index in [0.29, 0.717) is 6.42 Å². The Morgan fingerprint density at radius 2 is 1.39 bits per heavy atom. The van der Waals surface area contributed by atoms with Gasteiger partial charge in [0.15, 0.2) is 0 Å². The van der Waals surface area contributed by atoms with E-state index in [1.165, 1.54) is 0 Å². The number of β-amino-alcohol motifs (C(OH)–C–C–N with tert-alkyl or cyclic N) is 1. The first-order valence-corrected chi connectivity index (χ1v) is 12.8. The molecular formula is C30H37N3O5. The van der Waals surface area contributed by atoms with Crippen LogP contribution in [0.5, 0.6) is 11.5 Å². The van der Waals surface area contributed by atoms with Crippen molar-refractivity contribution in [1.82, 2.24) is 4.90 Å². The first-order valence-electron chi connectivity index (χ1n) is 12.8. The smallest absolute Gasteiger partial charge is 0.228 e. The SMILES string of the molecule is COc1ccc(C(OC[C@@H]2C[C@@H](O)CN2C(=O)C(CN)CN)(c2ccccc2)c2ccc(OC)cc2)cc1. The number of benzene rings is 3. The summed E-state index contributed by atoms with van der Waals surface area (Å²) in [5.41, 5.74) is 13.3. The number of methoxy groups -OCH3 is 2. The minimum atomic E-state index is -1.01. The summed E-state index contributed by atoms with van der Waals surface area (Å²) in [7, 11) is 3.26. The Morgan fingerprint density at radius 3 is 1.87 bits per heavy atom. The predicted octanol–water partition coefficient (Wildman–Crippen LogP) is 2.51. The van der Waals surface area contributed by atoms with Crippen LogP contribution in [0.15, 0.2) is 78.9 Å². The normalized spacial score (nSPS) is 17.6. The lowest BCUT2D eigenvalue weighted by molar-refractivity contribution is -0.138. The predicted molar refractivity (Wildman–Crippen MR) is 146 cm³/mol. The zero-order valence-electron chi connectivity index (χ0n) is 22.0. The Hall–Kier alpha value is -3.43. The minimum absolute atomic E-state index is 0.153. The number of nitrogens with zero attached hydrogens (tertiary/aromatic N) is 1. The maximum absolute atomic E-state index is 13.2. The van der Waals surface area contributed by atoms with Crippen molar-refractivity contribution in [2.75, 3.05) is 40.5 Å². The van der Waals surface area contributed by atoms with Gasteiger partial charge < -0.3 is 35.7 Å². The summed E-state index contributed by atoms with van der Waals surface area (Å²) < 4.78 is 17.8. The summed E-state index contributed by atoms with van der Waals surface area (Å²) in [6.07, 6.45) is -0.235. The van der Waals surface area contributed by atoms with Gasteiger partial charge in [-0.3, -0.25) is 4.79 Å². The molecular weight excluding hydrogens is 482 g/mol. The first kappa shape index (κ1) is 27.6. The number of rotatable bonds is 11. The molecule has 0 unspecified atom stereocenters. The van der Waals surface area contributed by atoms with E-state index >= 15 is 0 Å². The number of aliphatic hydroxyl groups is 1. The standard InChI is InChI=1S/C30H37N3O5/c1-36-27-12-8-23(9-13-27)30(22-6-4-3-5-7-22,24-10-14-28(37-2)15-11-24)38-20-25-16-26(34)19-33(25)29(35)21(17-31)18-32/h3-15,21,25-26,34H,16-20,31-32H2,1-2H3/t25-,26+/m0/s1. The van der Waals surface area contributed by atoms with Crippen molar-refractivity contribution < 1.29 is 24.1 Å². The quantitative estimate of drug-likeness (QED) is 0.333. The third-order valence-electron chi connectivity index (χ3n) is 7.26. The fourth-order valence-electron chi connectivity index (χ4n) is 5.15. The second-order valence-corrected chi connectivity index (χ2v) is 9.52. The van der Waals surface area contributed by atoms with E-state index in [2.05, 4.69) is 0 Å². The highest BCUT2D eigenvalue weighted by Gasteiger charge is 2.42. The van der Waals surface area contributed by atoms with Crippen molar-refractivity contribution in [3.05, 3.63) is 95.6 Å². The summed E-state index contributed by atoms with van der Waals surface area (Å²) >= 11 is 0. The number of amides is 1. The lowest BCUT2D eigenvalue weighted by Gasteiger charge is -2.38. The molecule has 0 saturated carbocycles. The van der Waals surface area contributed by atoms with Gasteiger partial charge in [-0.1, -0.05) is 54.6 Å². The fraction of sp³-hybridized carbons (Fsp3) is 0.367. The molecule has 3 aromatic rings. The van der Waals surface area contributed by atoms with Gasteiger partial charge in [-0.2, -0.15) is 0 Å². The van der Waals surface area contributed by atoms with Gasteiger partial charge in [0, 0.05) is 19.6 Å². The van der Waals surface area contributed by atoms with Gasteiger partial charge in [-0.05, 0) is 47.4 Å². The number of ether oxygens (including phenoxy) is 3. The Bertz CT molecular complexity index is 1120. The molecule has 2 atom stereocenters. The third kappa shape index (κ3) is 5.54. The van der Waals surface area contributed by atoms with Gasteiger partial charge in [0.2, 0.25) is 5.91 Å². The number of hydrogen-bond acceptors (Lipinski definition) is 7. The second-order valence-electron chi connectivity index (χ2n) is 9.52. The zero-order chi connectivity index (χ0) is 27.1. The van der Waals surface area contributed by atoms with Crippen LogP contribution in [0.1, 0.15) is 23.1 Å². The number of hydrogen-bond donors (Lipinski definition) is 3. The Kier molecular flexibility index (Phi) is 9.01. The van der Waals surface area contributed by atoms with Crippen molar-refractivity contribution in [1.29, 1.82) is 0 Å². The number of carbonyl (C=O) groups excluding carboxylic acids is 1. The molecule has 0 aliphatic carbocycles. The molecule has 5 N–H and O–H groups in total. The highest BCUT2D eigenvalue weighted by Crippen LogP contribution is 2.42. The molecule has 8 heteroatoms. The van der Waals surface area contributed by atoms with Crippen LogP contribution in [-0.4, -0.2) is 68.5 Å². The van der Waals surface area contributed by atoms with E-state index in [9.17, 15) is 9.90 Å². The molecule has 1 saturated heterocycles. The molecule has 38 heavy (non-hydrogen) atoms. The number of likely N-dealkylation sites (tertiary alicyclic amines) is 1. The van der Waals surface area contributed by atoms with Crippen LogP contribution in [0.4, 0.5) is 0 Å². The molecule has 0 spiro atoms. The zero-order valence-corrected chi connectivity index (χ0v) is 22.0. The molecule has 0 bridgehead atoms. The van der Waals surface area contributed by atoms with Crippen molar-refractivity contribution >= 4 is 5.91 Å². The van der Waals surface area contributed by atoms with E-state index in [1.807, 2.05) is 78.9 Å². The van der Waals surface area contributed by atoms with Gasteiger partial charge in [-0.25, -0.2) is 0 Å². The summed E-state index contributed by atoms with van der Waals surface area (Å²) in [5.74, 6) is 0.815. The lowest BCUT2D eigenvalue weighted by Crippen LogP contribution is -2.47. The average Bonchev–Trinajstić information content (AvgIpc) is 3.35. The fourth-order valence-corrected chi connectivity index (χ4v) is 5.15. The monoisotopic (exact) mass is 519 g/mol. The van der Waals surface area contributed by atoms with Gasteiger partial charge in [0.25, 0.3) is 0 Å². The maximum Gasteiger partial charge on any atom is 0.228 e. The van der Waals surface area contributed by atoms with Gasteiger partial charge >= 0.3 is 0 Å². The third-order valence-corrected chi connectivity index (χ3v) is 7.26. The average molecular weight is 520 g/mol. The molecule has 8 nitrogen and oxygen atoms in total. The van der Waals surface area contributed by atoms with E-state index < -0.39 is 17.6 Å². The van der Waals surface area contributed by atoms with Gasteiger partial charge in [0.1, 0.15) is 17.1 Å². The molecule has 0 radical (unpaired) electrons. The molecule has 4 rings (SSSR count). The highest BCUT2D eigenvalue weighted by molar-refractivity contribution is 5.80. The van der Waals surface area contributed by atoms with Crippen LogP contribution in [-0.2, 0) is 15.1 Å². The number of nitrogens with two attached hydrogens (primary N) is 2. The maximum atomic E-state index is 13.2. The summed E-state index contributed by atoms with van der Waals surface area (Å²) in [5, 5.41) is 10.5. The lowest BCUT2D eigenvalue weighted by atomic mass is 9.80. The van der Waals surface area contributed by atoms with Crippen LogP contribution in [0.3, 0.4) is 0 Å². The van der Waals surface area contributed by atoms with E-state index in [-0.39, 0.29) is 38.2 Å². The minimum Gasteiger partial charge on any atom is -0.497 e. The topological polar surface area (TPSA) is 120 Å². The summed E-state index contributed by atoms with van der Waals surface area (Å²) in [6, 6.07) is 25.2. The molecule has 1 amide bonds. The van der Waals surface area contributed by atoms with E-state index in [1.54, 1.807) is 19.1 Å².